The molecule has 152 valence electrons. The SMILES string of the molecule is CCOC(=O)Cc1ccc(C)cc1OCc1c2cc(Br)ccc2nn1C1CCC1. The van der Waals surface area contributed by atoms with E-state index in [-0.39, 0.29) is 12.4 Å². The molecule has 0 amide bonds. The molecule has 1 aliphatic rings. The first-order chi connectivity index (χ1) is 14.0. The van der Waals surface area contributed by atoms with E-state index in [1.165, 1.54) is 6.42 Å². The third-order valence-corrected chi connectivity index (χ3v) is 5.90. The summed E-state index contributed by atoms with van der Waals surface area (Å²) in [5.41, 5.74) is 3.99. The van der Waals surface area contributed by atoms with Crippen LogP contribution in [0.1, 0.15) is 49.0 Å². The predicted molar refractivity (Wildman–Crippen MR) is 116 cm³/mol. The molecule has 0 N–H and O–H groups in total. The number of rotatable bonds is 7. The van der Waals surface area contributed by atoms with Crippen molar-refractivity contribution in [2.75, 3.05) is 6.61 Å². The second-order valence-electron chi connectivity index (χ2n) is 7.52. The van der Waals surface area contributed by atoms with Crippen LogP contribution in [-0.4, -0.2) is 22.4 Å². The Labute approximate surface area is 179 Å². The summed E-state index contributed by atoms with van der Waals surface area (Å²) < 4.78 is 14.5. The van der Waals surface area contributed by atoms with Gasteiger partial charge in [-0.1, -0.05) is 28.1 Å². The van der Waals surface area contributed by atoms with Gasteiger partial charge in [0.25, 0.3) is 0 Å². The van der Waals surface area contributed by atoms with E-state index in [9.17, 15) is 4.79 Å². The average Bonchev–Trinajstić information content (AvgIpc) is 2.98. The average molecular weight is 457 g/mol. The standard InChI is InChI=1S/C23H25BrN2O3/c1-3-28-23(27)12-16-8-7-15(2)11-22(16)29-14-21-19-13-17(24)9-10-20(19)25-26(21)18-5-4-6-18/h7-11,13,18H,3-6,12,14H2,1-2H3. The molecule has 0 spiro atoms. The van der Waals surface area contributed by atoms with Crippen molar-refractivity contribution in [3.63, 3.8) is 0 Å². The Bertz CT molecular complexity index is 1040. The molecule has 0 saturated heterocycles. The molecule has 3 aromatic rings. The van der Waals surface area contributed by atoms with Gasteiger partial charge in [0, 0.05) is 15.4 Å². The summed E-state index contributed by atoms with van der Waals surface area (Å²) in [7, 11) is 0. The van der Waals surface area contributed by atoms with Crippen LogP contribution in [0.3, 0.4) is 0 Å². The molecule has 0 atom stereocenters. The Morgan fingerprint density at radius 3 is 2.79 bits per heavy atom. The van der Waals surface area contributed by atoms with E-state index in [2.05, 4.69) is 26.7 Å². The summed E-state index contributed by atoms with van der Waals surface area (Å²) in [6.45, 7) is 4.62. The molecule has 4 rings (SSSR count). The maximum absolute atomic E-state index is 12.0. The molecule has 0 unspecified atom stereocenters. The van der Waals surface area contributed by atoms with Gasteiger partial charge in [-0.25, -0.2) is 0 Å². The fourth-order valence-corrected chi connectivity index (χ4v) is 4.02. The monoisotopic (exact) mass is 456 g/mol. The van der Waals surface area contributed by atoms with E-state index in [4.69, 9.17) is 14.6 Å². The van der Waals surface area contributed by atoms with Crippen molar-refractivity contribution in [2.45, 2.75) is 52.2 Å². The lowest BCUT2D eigenvalue weighted by atomic mass is 9.93. The Kier molecular flexibility index (Phi) is 5.90. The molecule has 5 nitrogen and oxygen atoms in total. The Hall–Kier alpha value is -2.34. The van der Waals surface area contributed by atoms with Crippen LogP contribution in [0.5, 0.6) is 5.75 Å². The highest BCUT2D eigenvalue weighted by Gasteiger charge is 2.25. The number of halogens is 1. The number of carbonyl (C=O) groups is 1. The van der Waals surface area contributed by atoms with Gasteiger partial charge in [0.15, 0.2) is 0 Å². The number of ether oxygens (including phenoxy) is 2. The van der Waals surface area contributed by atoms with Gasteiger partial charge in [0.05, 0.1) is 30.3 Å². The highest BCUT2D eigenvalue weighted by Crippen LogP contribution is 2.35. The summed E-state index contributed by atoms with van der Waals surface area (Å²) in [4.78, 5) is 12.0. The second kappa shape index (κ2) is 8.57. The van der Waals surface area contributed by atoms with E-state index in [0.717, 1.165) is 50.8 Å². The van der Waals surface area contributed by atoms with Crippen LogP contribution < -0.4 is 4.74 Å². The smallest absolute Gasteiger partial charge is 0.310 e. The zero-order chi connectivity index (χ0) is 20.4. The van der Waals surface area contributed by atoms with Crippen molar-refractivity contribution in [3.05, 3.63) is 57.7 Å². The molecule has 1 heterocycles. The molecular formula is C23H25BrN2O3. The van der Waals surface area contributed by atoms with Crippen molar-refractivity contribution < 1.29 is 14.3 Å². The first-order valence-corrected chi connectivity index (χ1v) is 10.9. The van der Waals surface area contributed by atoms with Crippen LogP contribution in [0.2, 0.25) is 0 Å². The van der Waals surface area contributed by atoms with E-state index in [1.54, 1.807) is 0 Å². The quantitative estimate of drug-likeness (QED) is 0.439. The molecule has 1 saturated carbocycles. The number of aryl methyl sites for hydroxylation is 1. The first kappa shape index (κ1) is 20.0. The molecule has 1 aliphatic carbocycles. The predicted octanol–water partition coefficient (Wildman–Crippen LogP) is 5.52. The molecule has 0 radical (unpaired) electrons. The lowest BCUT2D eigenvalue weighted by molar-refractivity contribution is -0.142. The van der Waals surface area contributed by atoms with Gasteiger partial charge in [0.2, 0.25) is 0 Å². The van der Waals surface area contributed by atoms with Gasteiger partial charge in [-0.05, 0) is 62.9 Å². The Morgan fingerprint density at radius 2 is 2.07 bits per heavy atom. The van der Waals surface area contributed by atoms with Crippen molar-refractivity contribution in [3.8, 4) is 5.75 Å². The maximum atomic E-state index is 12.0. The summed E-state index contributed by atoms with van der Waals surface area (Å²) in [5.74, 6) is 0.484. The van der Waals surface area contributed by atoms with Crippen molar-refractivity contribution in [2.24, 2.45) is 0 Å². The largest absolute Gasteiger partial charge is 0.487 e. The number of hydrogen-bond acceptors (Lipinski definition) is 4. The van der Waals surface area contributed by atoms with Crippen LogP contribution in [0.15, 0.2) is 40.9 Å². The molecule has 29 heavy (non-hydrogen) atoms. The molecule has 1 aromatic heterocycles. The topological polar surface area (TPSA) is 53.4 Å². The van der Waals surface area contributed by atoms with Crippen molar-refractivity contribution in [1.29, 1.82) is 0 Å². The highest BCUT2D eigenvalue weighted by molar-refractivity contribution is 9.10. The lowest BCUT2D eigenvalue weighted by Crippen LogP contribution is -2.21. The van der Waals surface area contributed by atoms with Gasteiger partial charge >= 0.3 is 5.97 Å². The molecular weight excluding hydrogens is 432 g/mol. The molecule has 2 aromatic carbocycles. The van der Waals surface area contributed by atoms with Gasteiger partial charge in [-0.3, -0.25) is 9.48 Å². The maximum Gasteiger partial charge on any atom is 0.310 e. The van der Waals surface area contributed by atoms with Crippen molar-refractivity contribution >= 4 is 32.8 Å². The van der Waals surface area contributed by atoms with Gasteiger partial charge in [-0.2, -0.15) is 5.10 Å². The minimum Gasteiger partial charge on any atom is -0.487 e. The van der Waals surface area contributed by atoms with E-state index < -0.39 is 0 Å². The number of fused-ring (bicyclic) bond motifs is 1. The lowest BCUT2D eigenvalue weighted by Gasteiger charge is -2.27. The molecule has 0 bridgehead atoms. The zero-order valence-corrected chi connectivity index (χ0v) is 18.4. The third-order valence-electron chi connectivity index (χ3n) is 5.41. The minimum absolute atomic E-state index is 0.206. The van der Waals surface area contributed by atoms with E-state index >= 15 is 0 Å². The fraction of sp³-hybridized carbons (Fsp3) is 0.391. The highest BCUT2D eigenvalue weighted by atomic mass is 79.9. The van der Waals surface area contributed by atoms with Crippen LogP contribution in [-0.2, 0) is 22.6 Å². The number of aromatic nitrogens is 2. The summed E-state index contributed by atoms with van der Waals surface area (Å²) in [5, 5.41) is 5.95. The number of esters is 1. The normalized spacial score (nSPS) is 14.0. The molecule has 0 aliphatic heterocycles. The summed E-state index contributed by atoms with van der Waals surface area (Å²) in [6, 6.07) is 12.5. The third kappa shape index (κ3) is 4.32. The minimum atomic E-state index is -0.241. The number of hydrogen-bond donors (Lipinski definition) is 0. The van der Waals surface area contributed by atoms with Crippen LogP contribution in [0.4, 0.5) is 0 Å². The summed E-state index contributed by atoms with van der Waals surface area (Å²) >= 11 is 3.57. The second-order valence-corrected chi connectivity index (χ2v) is 8.43. The van der Waals surface area contributed by atoms with Gasteiger partial charge in [0.1, 0.15) is 12.4 Å². The van der Waals surface area contributed by atoms with Crippen LogP contribution >= 0.6 is 15.9 Å². The molecule has 1 fully saturated rings. The van der Waals surface area contributed by atoms with E-state index in [1.807, 2.05) is 44.2 Å². The van der Waals surface area contributed by atoms with Gasteiger partial charge < -0.3 is 9.47 Å². The van der Waals surface area contributed by atoms with Gasteiger partial charge in [-0.15, -0.1) is 0 Å². The first-order valence-electron chi connectivity index (χ1n) is 10.1. The van der Waals surface area contributed by atoms with Crippen LogP contribution in [0, 0.1) is 6.92 Å². The number of nitrogens with zero attached hydrogens (tertiary/aromatic N) is 2. The zero-order valence-electron chi connectivity index (χ0n) is 16.8. The Morgan fingerprint density at radius 1 is 1.24 bits per heavy atom. The van der Waals surface area contributed by atoms with Crippen molar-refractivity contribution in [1.82, 2.24) is 9.78 Å². The number of carbonyl (C=O) groups excluding carboxylic acids is 1. The van der Waals surface area contributed by atoms with Crippen LogP contribution in [0.25, 0.3) is 10.9 Å². The molecule has 6 heteroatoms. The number of benzene rings is 2. The summed E-state index contributed by atoms with van der Waals surface area (Å²) in [6.07, 6.45) is 3.76. The fourth-order valence-electron chi connectivity index (χ4n) is 3.66. The van der Waals surface area contributed by atoms with E-state index in [0.29, 0.717) is 19.3 Å². The Balaban J connectivity index is 1.63.